The molecule has 0 saturated heterocycles. The molecule has 1 fully saturated rings. The van der Waals surface area contributed by atoms with Gasteiger partial charge in [-0.1, -0.05) is 18.6 Å². The Morgan fingerprint density at radius 2 is 1.96 bits per heavy atom. The van der Waals surface area contributed by atoms with Gasteiger partial charge in [0.15, 0.2) is 6.10 Å². The van der Waals surface area contributed by atoms with Crippen molar-refractivity contribution in [1.82, 2.24) is 0 Å². The third-order valence-electron chi connectivity index (χ3n) is 4.81. The molecule has 1 aromatic rings. The fourth-order valence-electron chi connectivity index (χ4n) is 2.99. The minimum atomic E-state index is -1.07. The smallest absolute Gasteiger partial charge is 0.309 e. The van der Waals surface area contributed by atoms with Crippen LogP contribution in [0.1, 0.15) is 40.0 Å². The van der Waals surface area contributed by atoms with Gasteiger partial charge in [0, 0.05) is 0 Å². The van der Waals surface area contributed by atoms with Crippen LogP contribution in [0.2, 0.25) is 0 Å². The molecule has 1 aliphatic carbocycles. The number of anilines is 2. The molecule has 1 atom stereocenters. The Kier molecular flexibility index (Phi) is 4.07. The molecule has 1 aromatic carbocycles. The van der Waals surface area contributed by atoms with E-state index < -0.39 is 17.6 Å². The number of nitrogens with zero attached hydrogens (tertiary/aromatic N) is 1. The molecule has 2 aliphatic rings. The number of para-hydroxylation sites is 2. The van der Waals surface area contributed by atoms with E-state index in [1.807, 2.05) is 0 Å². The van der Waals surface area contributed by atoms with E-state index in [9.17, 15) is 14.4 Å². The summed E-state index contributed by atoms with van der Waals surface area (Å²) < 4.78 is 5.35. The van der Waals surface area contributed by atoms with Crippen molar-refractivity contribution < 1.29 is 19.1 Å². The first kappa shape index (κ1) is 16.5. The summed E-state index contributed by atoms with van der Waals surface area (Å²) in [6.45, 7) is 4.91. The second-order valence-corrected chi connectivity index (χ2v) is 6.91. The number of carbonyl (C=O) groups is 3. The fourth-order valence-corrected chi connectivity index (χ4v) is 2.99. The average molecular weight is 330 g/mol. The second-order valence-electron chi connectivity index (χ2n) is 6.91. The summed E-state index contributed by atoms with van der Waals surface area (Å²) in [6.07, 6.45) is 1.73. The number of nitrogens with one attached hydrogen (secondary N) is 1. The van der Waals surface area contributed by atoms with E-state index in [0.717, 1.165) is 19.3 Å². The third-order valence-corrected chi connectivity index (χ3v) is 4.81. The Hall–Kier alpha value is -2.37. The number of hydrogen-bond donors (Lipinski definition) is 1. The largest absolute Gasteiger partial charge is 0.452 e. The first-order chi connectivity index (χ1) is 11.3. The van der Waals surface area contributed by atoms with Gasteiger partial charge in [-0.25, -0.2) is 0 Å². The predicted molar refractivity (Wildman–Crippen MR) is 89.5 cm³/mol. The fraction of sp³-hybridized carbons (Fsp3) is 0.500. The van der Waals surface area contributed by atoms with Gasteiger partial charge in [0.25, 0.3) is 5.91 Å². The molecule has 3 rings (SSSR count). The van der Waals surface area contributed by atoms with Gasteiger partial charge in [-0.15, -0.1) is 0 Å². The Balaban J connectivity index is 1.86. The standard InChI is InChI=1S/C18H22N2O4/c1-11(24-16(22)12-7-6-8-12)15(21)20-14-10-5-4-9-13(14)19-17(23)18(20,2)3/h4-5,9-12H,6-8H2,1-3H3,(H,19,23). The number of benzene rings is 1. The highest BCUT2D eigenvalue weighted by Crippen LogP contribution is 2.37. The molecule has 6 heteroatoms. The van der Waals surface area contributed by atoms with Gasteiger partial charge in [0.1, 0.15) is 5.54 Å². The van der Waals surface area contributed by atoms with Gasteiger partial charge in [-0.3, -0.25) is 19.3 Å². The van der Waals surface area contributed by atoms with E-state index in [1.54, 1.807) is 45.0 Å². The molecule has 24 heavy (non-hydrogen) atoms. The molecule has 1 aliphatic heterocycles. The molecule has 0 spiro atoms. The maximum Gasteiger partial charge on any atom is 0.309 e. The first-order valence-electron chi connectivity index (χ1n) is 8.27. The Bertz CT molecular complexity index is 694. The molecule has 0 radical (unpaired) electrons. The molecule has 1 heterocycles. The Morgan fingerprint density at radius 1 is 1.29 bits per heavy atom. The maximum absolute atomic E-state index is 13.0. The van der Waals surface area contributed by atoms with Crippen molar-refractivity contribution in [3.8, 4) is 0 Å². The number of rotatable bonds is 3. The molecule has 1 saturated carbocycles. The lowest BCUT2D eigenvalue weighted by atomic mass is 9.86. The zero-order valence-corrected chi connectivity index (χ0v) is 14.2. The molecular formula is C18H22N2O4. The van der Waals surface area contributed by atoms with Crippen LogP contribution in [-0.2, 0) is 19.1 Å². The highest BCUT2D eigenvalue weighted by atomic mass is 16.5. The van der Waals surface area contributed by atoms with Crippen molar-refractivity contribution in [2.45, 2.75) is 51.7 Å². The summed E-state index contributed by atoms with van der Waals surface area (Å²) in [5.41, 5.74) is 0.120. The minimum Gasteiger partial charge on any atom is -0.452 e. The van der Waals surface area contributed by atoms with Gasteiger partial charge < -0.3 is 10.1 Å². The van der Waals surface area contributed by atoms with Crippen LogP contribution in [0.3, 0.4) is 0 Å². The SMILES string of the molecule is CC(OC(=O)C1CCC1)C(=O)N1c2ccccc2NC(=O)C1(C)C. The molecule has 6 nitrogen and oxygen atoms in total. The highest BCUT2D eigenvalue weighted by molar-refractivity contribution is 6.15. The Morgan fingerprint density at radius 3 is 2.58 bits per heavy atom. The molecule has 1 N–H and O–H groups in total. The molecule has 0 bridgehead atoms. The van der Waals surface area contributed by atoms with Crippen LogP contribution in [0.25, 0.3) is 0 Å². The van der Waals surface area contributed by atoms with Crippen molar-refractivity contribution in [1.29, 1.82) is 0 Å². The quantitative estimate of drug-likeness (QED) is 0.864. The van der Waals surface area contributed by atoms with E-state index in [1.165, 1.54) is 4.90 Å². The third kappa shape index (κ3) is 2.66. The number of amides is 2. The van der Waals surface area contributed by atoms with Crippen LogP contribution in [-0.4, -0.2) is 29.4 Å². The Labute approximate surface area is 141 Å². The van der Waals surface area contributed by atoms with E-state index >= 15 is 0 Å². The van der Waals surface area contributed by atoms with E-state index in [0.29, 0.717) is 11.4 Å². The predicted octanol–water partition coefficient (Wildman–Crippen LogP) is 2.48. The molecule has 0 aromatic heterocycles. The number of ether oxygens (including phenoxy) is 1. The number of fused-ring (bicyclic) bond motifs is 1. The molecule has 1 unspecified atom stereocenters. The molecular weight excluding hydrogens is 308 g/mol. The number of carbonyl (C=O) groups excluding carboxylic acids is 3. The minimum absolute atomic E-state index is 0.0924. The van der Waals surface area contributed by atoms with Crippen molar-refractivity contribution >= 4 is 29.2 Å². The zero-order chi connectivity index (χ0) is 17.5. The lowest BCUT2D eigenvalue weighted by Crippen LogP contribution is -2.60. The van der Waals surface area contributed by atoms with Crippen LogP contribution in [0.5, 0.6) is 0 Å². The van der Waals surface area contributed by atoms with Crippen molar-refractivity contribution in [2.24, 2.45) is 5.92 Å². The van der Waals surface area contributed by atoms with Crippen LogP contribution < -0.4 is 10.2 Å². The lowest BCUT2D eigenvalue weighted by molar-refractivity contribution is -0.160. The van der Waals surface area contributed by atoms with Crippen molar-refractivity contribution in [3.05, 3.63) is 24.3 Å². The number of hydrogen-bond acceptors (Lipinski definition) is 4. The monoisotopic (exact) mass is 330 g/mol. The van der Waals surface area contributed by atoms with Crippen molar-refractivity contribution in [3.63, 3.8) is 0 Å². The normalized spacial score (nSPS) is 20.5. The number of esters is 1. The van der Waals surface area contributed by atoms with Gasteiger partial charge in [-0.05, 0) is 45.7 Å². The summed E-state index contributed by atoms with van der Waals surface area (Å²) in [6, 6.07) is 7.11. The first-order valence-corrected chi connectivity index (χ1v) is 8.27. The molecule has 128 valence electrons. The zero-order valence-electron chi connectivity index (χ0n) is 14.2. The van der Waals surface area contributed by atoms with Crippen LogP contribution >= 0.6 is 0 Å². The van der Waals surface area contributed by atoms with E-state index in [4.69, 9.17) is 4.74 Å². The summed E-state index contributed by atoms with van der Waals surface area (Å²) in [5, 5.41) is 2.81. The van der Waals surface area contributed by atoms with Gasteiger partial charge in [0.2, 0.25) is 5.91 Å². The summed E-state index contributed by atoms with van der Waals surface area (Å²) in [5.74, 6) is -1.08. The summed E-state index contributed by atoms with van der Waals surface area (Å²) >= 11 is 0. The van der Waals surface area contributed by atoms with Crippen LogP contribution in [0.15, 0.2) is 24.3 Å². The lowest BCUT2D eigenvalue weighted by Gasteiger charge is -2.43. The van der Waals surface area contributed by atoms with E-state index in [2.05, 4.69) is 5.32 Å². The van der Waals surface area contributed by atoms with Crippen LogP contribution in [0, 0.1) is 5.92 Å². The van der Waals surface area contributed by atoms with Gasteiger partial charge in [0.05, 0.1) is 17.3 Å². The van der Waals surface area contributed by atoms with Gasteiger partial charge in [-0.2, -0.15) is 0 Å². The average Bonchev–Trinajstić information content (AvgIpc) is 2.45. The van der Waals surface area contributed by atoms with Crippen LogP contribution in [0.4, 0.5) is 11.4 Å². The summed E-state index contributed by atoms with van der Waals surface area (Å²) in [7, 11) is 0. The molecule has 2 amide bonds. The summed E-state index contributed by atoms with van der Waals surface area (Å²) in [4.78, 5) is 38.8. The maximum atomic E-state index is 13.0. The second kappa shape index (κ2) is 5.92. The highest BCUT2D eigenvalue weighted by Gasteiger charge is 2.45. The van der Waals surface area contributed by atoms with Crippen molar-refractivity contribution in [2.75, 3.05) is 10.2 Å². The van der Waals surface area contributed by atoms with E-state index in [-0.39, 0.29) is 17.8 Å². The topological polar surface area (TPSA) is 75.7 Å². The van der Waals surface area contributed by atoms with Gasteiger partial charge >= 0.3 is 5.97 Å².